The van der Waals surface area contributed by atoms with Crippen LogP contribution in [0.25, 0.3) is 0 Å². The first-order valence-electron chi connectivity index (χ1n) is 5.42. The lowest BCUT2D eigenvalue weighted by Crippen LogP contribution is -2.39. The van der Waals surface area contributed by atoms with Crippen LogP contribution in [0.2, 0.25) is 0 Å². The van der Waals surface area contributed by atoms with Gasteiger partial charge >= 0.3 is 11.9 Å². The molecule has 5 nitrogen and oxygen atoms in total. The van der Waals surface area contributed by atoms with Gasteiger partial charge in [-0.2, -0.15) is 0 Å². The highest BCUT2D eigenvalue weighted by atomic mass is 79.9. The zero-order chi connectivity index (χ0) is 13.5. The Bertz CT molecular complexity index is 436. The maximum atomic E-state index is 10.8. The highest BCUT2D eigenvalue weighted by molar-refractivity contribution is 9.10. The molecule has 0 radical (unpaired) electrons. The first-order chi connectivity index (χ1) is 8.50. The highest BCUT2D eigenvalue weighted by Crippen LogP contribution is 2.15. The zero-order valence-electron chi connectivity index (χ0n) is 9.60. The van der Waals surface area contributed by atoms with Crippen molar-refractivity contribution in [2.24, 2.45) is 0 Å². The number of hydrogen-bond acceptors (Lipinski definition) is 3. The van der Waals surface area contributed by atoms with E-state index in [0.29, 0.717) is 13.0 Å². The molecule has 0 aliphatic heterocycles. The number of halogens is 1. The molecular formula is C12H14BrNO4. The van der Waals surface area contributed by atoms with Crippen molar-refractivity contribution in [1.29, 1.82) is 0 Å². The van der Waals surface area contributed by atoms with Gasteiger partial charge in [0, 0.05) is 11.0 Å². The average molecular weight is 316 g/mol. The van der Waals surface area contributed by atoms with E-state index in [0.717, 1.165) is 10.0 Å². The summed E-state index contributed by atoms with van der Waals surface area (Å²) in [5, 5.41) is 20.1. The summed E-state index contributed by atoms with van der Waals surface area (Å²) in [4.78, 5) is 21.3. The molecule has 1 atom stereocenters. The SMILES string of the molecule is O=C(O)CC(NCCc1ccccc1Br)C(=O)O. The molecule has 0 aliphatic rings. The lowest BCUT2D eigenvalue weighted by atomic mass is 10.1. The van der Waals surface area contributed by atoms with Gasteiger partial charge in [-0.15, -0.1) is 0 Å². The van der Waals surface area contributed by atoms with Crippen LogP contribution < -0.4 is 5.32 Å². The van der Waals surface area contributed by atoms with Crippen LogP contribution in [-0.4, -0.2) is 34.7 Å². The molecule has 0 amide bonds. The van der Waals surface area contributed by atoms with Crippen LogP contribution >= 0.6 is 15.9 Å². The van der Waals surface area contributed by atoms with E-state index >= 15 is 0 Å². The van der Waals surface area contributed by atoms with Crippen LogP contribution in [-0.2, 0) is 16.0 Å². The van der Waals surface area contributed by atoms with Crippen molar-refractivity contribution in [3.63, 3.8) is 0 Å². The fourth-order valence-corrected chi connectivity index (χ4v) is 1.99. The molecule has 0 aliphatic carbocycles. The van der Waals surface area contributed by atoms with Crippen molar-refractivity contribution in [3.8, 4) is 0 Å². The summed E-state index contributed by atoms with van der Waals surface area (Å²) in [6.07, 6.45) is 0.204. The predicted octanol–water partition coefficient (Wildman–Crippen LogP) is 1.51. The summed E-state index contributed by atoms with van der Waals surface area (Å²) in [6, 6.07) is 6.57. The second-order valence-corrected chi connectivity index (χ2v) is 4.64. The number of rotatable bonds is 7. The van der Waals surface area contributed by atoms with Gasteiger partial charge in [0.15, 0.2) is 0 Å². The summed E-state index contributed by atoms with van der Waals surface area (Å²) < 4.78 is 0.955. The van der Waals surface area contributed by atoms with Crippen molar-refractivity contribution >= 4 is 27.9 Å². The van der Waals surface area contributed by atoms with Gasteiger partial charge in [-0.25, -0.2) is 0 Å². The Morgan fingerprint density at radius 2 is 1.94 bits per heavy atom. The topological polar surface area (TPSA) is 86.6 Å². The second-order valence-electron chi connectivity index (χ2n) is 3.78. The summed E-state index contributed by atoms with van der Waals surface area (Å²) in [5.41, 5.74) is 1.05. The molecule has 6 heteroatoms. The van der Waals surface area contributed by atoms with Gasteiger partial charge in [0.05, 0.1) is 6.42 Å². The minimum atomic E-state index is -1.15. The largest absolute Gasteiger partial charge is 0.481 e. The minimum Gasteiger partial charge on any atom is -0.481 e. The number of carbonyl (C=O) groups is 2. The van der Waals surface area contributed by atoms with Crippen LogP contribution in [0, 0.1) is 0 Å². The van der Waals surface area contributed by atoms with Crippen molar-refractivity contribution in [1.82, 2.24) is 5.32 Å². The molecule has 0 saturated heterocycles. The monoisotopic (exact) mass is 315 g/mol. The van der Waals surface area contributed by atoms with E-state index in [9.17, 15) is 9.59 Å². The Kier molecular flexibility index (Phi) is 5.80. The number of benzene rings is 1. The maximum Gasteiger partial charge on any atom is 0.321 e. The van der Waals surface area contributed by atoms with Crippen LogP contribution in [0.3, 0.4) is 0 Å². The highest BCUT2D eigenvalue weighted by Gasteiger charge is 2.19. The van der Waals surface area contributed by atoms with Gasteiger partial charge < -0.3 is 15.5 Å². The number of nitrogens with one attached hydrogen (secondary N) is 1. The Hall–Kier alpha value is -1.40. The lowest BCUT2D eigenvalue weighted by Gasteiger charge is -2.12. The minimum absolute atomic E-state index is 0.410. The molecular weight excluding hydrogens is 302 g/mol. The lowest BCUT2D eigenvalue weighted by molar-refractivity contribution is -0.145. The van der Waals surface area contributed by atoms with E-state index in [1.165, 1.54) is 0 Å². The normalized spacial score (nSPS) is 12.1. The number of carboxylic acids is 2. The quantitative estimate of drug-likeness (QED) is 0.710. The summed E-state index contributed by atoms with van der Waals surface area (Å²) in [7, 11) is 0. The molecule has 0 spiro atoms. The first-order valence-corrected chi connectivity index (χ1v) is 6.21. The summed E-state index contributed by atoms with van der Waals surface area (Å²) in [6.45, 7) is 0.410. The van der Waals surface area contributed by atoms with E-state index in [2.05, 4.69) is 21.2 Å². The standard InChI is InChI=1S/C12H14BrNO4/c13-9-4-2-1-3-8(9)5-6-14-10(12(17)18)7-11(15)16/h1-4,10,14H,5-7H2,(H,15,16)(H,17,18). The van der Waals surface area contributed by atoms with Gasteiger partial charge in [-0.05, 0) is 18.1 Å². The second kappa shape index (κ2) is 7.13. The van der Waals surface area contributed by atoms with Crippen LogP contribution in [0.4, 0.5) is 0 Å². The van der Waals surface area contributed by atoms with Crippen molar-refractivity contribution in [2.75, 3.05) is 6.54 Å². The Balaban J connectivity index is 2.46. The zero-order valence-corrected chi connectivity index (χ0v) is 11.2. The van der Waals surface area contributed by atoms with Gasteiger partial charge in [0.2, 0.25) is 0 Å². The number of aliphatic carboxylic acids is 2. The van der Waals surface area contributed by atoms with Crippen molar-refractivity contribution in [2.45, 2.75) is 18.9 Å². The number of hydrogen-bond donors (Lipinski definition) is 3. The molecule has 0 fully saturated rings. The molecule has 0 saturated carbocycles. The van der Waals surface area contributed by atoms with Crippen LogP contribution in [0.5, 0.6) is 0 Å². The third-order valence-electron chi connectivity index (χ3n) is 2.42. The van der Waals surface area contributed by atoms with Crippen LogP contribution in [0.15, 0.2) is 28.7 Å². The Morgan fingerprint density at radius 3 is 2.50 bits per heavy atom. The van der Waals surface area contributed by atoms with Crippen LogP contribution in [0.1, 0.15) is 12.0 Å². The van der Waals surface area contributed by atoms with Crippen molar-refractivity contribution in [3.05, 3.63) is 34.3 Å². The third kappa shape index (κ3) is 4.85. The van der Waals surface area contributed by atoms with E-state index in [1.807, 2.05) is 24.3 Å². The molecule has 1 rings (SSSR count). The van der Waals surface area contributed by atoms with E-state index < -0.39 is 24.4 Å². The van der Waals surface area contributed by atoms with Gasteiger partial charge in [-0.1, -0.05) is 34.1 Å². The fourth-order valence-electron chi connectivity index (χ4n) is 1.50. The van der Waals surface area contributed by atoms with E-state index in [1.54, 1.807) is 0 Å². The molecule has 1 unspecified atom stereocenters. The Labute approximate surface area is 113 Å². The summed E-state index contributed by atoms with van der Waals surface area (Å²) in [5.74, 6) is -2.28. The summed E-state index contributed by atoms with van der Waals surface area (Å²) >= 11 is 3.39. The third-order valence-corrected chi connectivity index (χ3v) is 3.19. The van der Waals surface area contributed by atoms with Crippen molar-refractivity contribution < 1.29 is 19.8 Å². The molecule has 1 aromatic carbocycles. The maximum absolute atomic E-state index is 10.8. The Morgan fingerprint density at radius 1 is 1.28 bits per heavy atom. The predicted molar refractivity (Wildman–Crippen MR) is 69.5 cm³/mol. The molecule has 0 aromatic heterocycles. The van der Waals surface area contributed by atoms with Gasteiger partial charge in [0.25, 0.3) is 0 Å². The first kappa shape index (κ1) is 14.7. The molecule has 18 heavy (non-hydrogen) atoms. The molecule has 3 N–H and O–H groups in total. The average Bonchev–Trinajstić information content (AvgIpc) is 2.29. The molecule has 98 valence electrons. The van der Waals surface area contributed by atoms with E-state index in [4.69, 9.17) is 10.2 Å². The van der Waals surface area contributed by atoms with E-state index in [-0.39, 0.29) is 0 Å². The van der Waals surface area contributed by atoms with Gasteiger partial charge in [-0.3, -0.25) is 9.59 Å². The molecule has 0 bridgehead atoms. The molecule has 0 heterocycles. The molecule has 1 aromatic rings. The smallest absolute Gasteiger partial charge is 0.321 e. The fraction of sp³-hybridized carbons (Fsp3) is 0.333. The number of carboxylic acid groups (broad SMARTS) is 2. The van der Waals surface area contributed by atoms with Gasteiger partial charge in [0.1, 0.15) is 6.04 Å².